The van der Waals surface area contributed by atoms with E-state index in [1.807, 2.05) is 42.5 Å². The smallest absolute Gasteiger partial charge is 0.251 e. The number of nitrogens with two attached hydrogens (primary N) is 1. The SMILES string of the molecule is NCc1ccc(CNC(=O)c2ccc(CN3CCCC3)c(NC(=O)C3CCCC3)c2)cc1. The molecule has 4 N–H and O–H groups in total. The summed E-state index contributed by atoms with van der Waals surface area (Å²) in [7, 11) is 0. The molecule has 2 aromatic carbocycles. The Morgan fingerprint density at radius 3 is 2.31 bits per heavy atom. The van der Waals surface area contributed by atoms with Crippen molar-refractivity contribution in [3.8, 4) is 0 Å². The molecule has 2 amide bonds. The Hall–Kier alpha value is -2.70. The molecule has 6 nitrogen and oxygen atoms in total. The lowest BCUT2D eigenvalue weighted by Crippen LogP contribution is -2.25. The summed E-state index contributed by atoms with van der Waals surface area (Å²) in [6.07, 6.45) is 6.58. The predicted molar refractivity (Wildman–Crippen MR) is 127 cm³/mol. The van der Waals surface area contributed by atoms with E-state index in [0.29, 0.717) is 18.7 Å². The molecule has 1 heterocycles. The normalized spacial score (nSPS) is 16.9. The molecule has 0 unspecified atom stereocenters. The van der Waals surface area contributed by atoms with Crippen LogP contribution >= 0.6 is 0 Å². The van der Waals surface area contributed by atoms with E-state index >= 15 is 0 Å². The van der Waals surface area contributed by atoms with Gasteiger partial charge >= 0.3 is 0 Å². The second-order valence-corrected chi connectivity index (χ2v) is 9.03. The first-order valence-electron chi connectivity index (χ1n) is 11.8. The number of nitrogens with one attached hydrogen (secondary N) is 2. The molecule has 0 spiro atoms. The van der Waals surface area contributed by atoms with Crippen LogP contribution in [0.1, 0.15) is 65.6 Å². The molecule has 0 bridgehead atoms. The Bertz CT molecular complexity index is 929. The highest BCUT2D eigenvalue weighted by Crippen LogP contribution is 2.28. The van der Waals surface area contributed by atoms with Crippen LogP contribution in [0.2, 0.25) is 0 Å². The number of carbonyl (C=O) groups excluding carboxylic acids is 2. The van der Waals surface area contributed by atoms with Gasteiger partial charge in [-0.05, 0) is 67.6 Å². The molecule has 1 aliphatic heterocycles. The number of likely N-dealkylation sites (tertiary alicyclic amines) is 1. The molecule has 2 fully saturated rings. The number of nitrogens with zero attached hydrogens (tertiary/aromatic N) is 1. The number of hydrogen-bond donors (Lipinski definition) is 3. The molecular weight excluding hydrogens is 400 g/mol. The predicted octanol–water partition coefficient (Wildman–Crippen LogP) is 3.80. The van der Waals surface area contributed by atoms with E-state index in [0.717, 1.165) is 67.7 Å². The Balaban J connectivity index is 1.46. The molecule has 0 aromatic heterocycles. The van der Waals surface area contributed by atoms with Crippen LogP contribution in [-0.2, 0) is 24.4 Å². The van der Waals surface area contributed by atoms with Crippen molar-refractivity contribution in [2.45, 2.75) is 58.2 Å². The van der Waals surface area contributed by atoms with Gasteiger partial charge in [0.15, 0.2) is 0 Å². The third-order valence-corrected chi connectivity index (χ3v) is 6.66. The van der Waals surface area contributed by atoms with Crippen molar-refractivity contribution in [2.24, 2.45) is 11.7 Å². The zero-order valence-corrected chi connectivity index (χ0v) is 18.7. The van der Waals surface area contributed by atoms with Gasteiger partial charge in [0, 0.05) is 36.8 Å². The summed E-state index contributed by atoms with van der Waals surface area (Å²) in [5.74, 6) is 0.0309. The summed E-state index contributed by atoms with van der Waals surface area (Å²) < 4.78 is 0. The number of benzene rings is 2. The first-order valence-corrected chi connectivity index (χ1v) is 11.8. The summed E-state index contributed by atoms with van der Waals surface area (Å²) in [6.45, 7) is 3.92. The maximum absolute atomic E-state index is 12.8. The second-order valence-electron chi connectivity index (χ2n) is 9.03. The fourth-order valence-electron chi connectivity index (χ4n) is 4.65. The molecule has 0 radical (unpaired) electrons. The van der Waals surface area contributed by atoms with Crippen LogP contribution in [0.3, 0.4) is 0 Å². The standard InChI is InChI=1S/C26H34N4O2/c27-16-19-7-9-20(10-8-19)17-28-25(31)22-11-12-23(18-30-13-3-4-14-30)24(15-22)29-26(32)21-5-1-2-6-21/h7-12,15,21H,1-6,13-14,16-18,27H2,(H,28,31)(H,29,32). The Labute approximate surface area is 190 Å². The fraction of sp³-hybridized carbons (Fsp3) is 0.462. The molecule has 32 heavy (non-hydrogen) atoms. The molecule has 1 saturated heterocycles. The third kappa shape index (κ3) is 5.75. The van der Waals surface area contributed by atoms with Crippen molar-refractivity contribution in [3.05, 3.63) is 64.7 Å². The number of rotatable bonds is 8. The Morgan fingerprint density at radius 2 is 1.62 bits per heavy atom. The van der Waals surface area contributed by atoms with E-state index in [1.54, 1.807) is 0 Å². The molecular formula is C26H34N4O2. The third-order valence-electron chi connectivity index (χ3n) is 6.66. The van der Waals surface area contributed by atoms with Crippen molar-refractivity contribution in [1.82, 2.24) is 10.2 Å². The Kier molecular flexibility index (Phi) is 7.55. The number of anilines is 1. The van der Waals surface area contributed by atoms with Gasteiger partial charge in [0.25, 0.3) is 5.91 Å². The molecule has 2 aromatic rings. The van der Waals surface area contributed by atoms with Gasteiger partial charge in [0.05, 0.1) is 0 Å². The van der Waals surface area contributed by atoms with Gasteiger partial charge in [-0.3, -0.25) is 14.5 Å². The quantitative estimate of drug-likeness (QED) is 0.590. The van der Waals surface area contributed by atoms with Crippen LogP contribution in [0.25, 0.3) is 0 Å². The maximum atomic E-state index is 12.8. The van der Waals surface area contributed by atoms with Crippen LogP contribution in [0.15, 0.2) is 42.5 Å². The molecule has 6 heteroatoms. The van der Waals surface area contributed by atoms with Crippen molar-refractivity contribution in [2.75, 3.05) is 18.4 Å². The minimum Gasteiger partial charge on any atom is -0.348 e. The summed E-state index contributed by atoms with van der Waals surface area (Å²) in [5, 5.41) is 6.14. The molecule has 0 atom stereocenters. The first kappa shape index (κ1) is 22.5. The van der Waals surface area contributed by atoms with Gasteiger partial charge in [-0.15, -0.1) is 0 Å². The lowest BCUT2D eigenvalue weighted by Gasteiger charge is -2.20. The monoisotopic (exact) mass is 434 g/mol. The fourth-order valence-corrected chi connectivity index (χ4v) is 4.65. The van der Waals surface area contributed by atoms with Gasteiger partial charge in [-0.1, -0.05) is 43.2 Å². The number of amides is 2. The van der Waals surface area contributed by atoms with E-state index in [2.05, 4.69) is 15.5 Å². The highest BCUT2D eigenvalue weighted by molar-refractivity contribution is 5.98. The van der Waals surface area contributed by atoms with Crippen molar-refractivity contribution in [3.63, 3.8) is 0 Å². The molecule has 170 valence electrons. The summed E-state index contributed by atoms with van der Waals surface area (Å²) in [6, 6.07) is 13.6. The van der Waals surface area contributed by atoms with Crippen molar-refractivity contribution < 1.29 is 9.59 Å². The van der Waals surface area contributed by atoms with Gasteiger partial charge in [0.1, 0.15) is 0 Å². The maximum Gasteiger partial charge on any atom is 0.251 e. The Morgan fingerprint density at radius 1 is 0.938 bits per heavy atom. The minimum atomic E-state index is -0.142. The first-order chi connectivity index (χ1) is 15.6. The minimum absolute atomic E-state index is 0.0859. The van der Waals surface area contributed by atoms with Gasteiger partial charge in [0.2, 0.25) is 5.91 Å². The van der Waals surface area contributed by atoms with E-state index in [1.165, 1.54) is 12.8 Å². The van der Waals surface area contributed by atoms with Crippen molar-refractivity contribution in [1.29, 1.82) is 0 Å². The van der Waals surface area contributed by atoms with Gasteiger partial charge in [-0.2, -0.15) is 0 Å². The highest BCUT2D eigenvalue weighted by Gasteiger charge is 2.24. The zero-order chi connectivity index (χ0) is 22.3. The van der Waals surface area contributed by atoms with Crippen LogP contribution in [0.4, 0.5) is 5.69 Å². The zero-order valence-electron chi connectivity index (χ0n) is 18.7. The van der Waals surface area contributed by atoms with E-state index < -0.39 is 0 Å². The van der Waals surface area contributed by atoms with Crippen molar-refractivity contribution >= 4 is 17.5 Å². The van der Waals surface area contributed by atoms with Gasteiger partial charge < -0.3 is 16.4 Å². The number of hydrogen-bond acceptors (Lipinski definition) is 4. The molecule has 1 saturated carbocycles. The molecule has 4 rings (SSSR count). The van der Waals surface area contributed by atoms with E-state index in [9.17, 15) is 9.59 Å². The molecule has 2 aliphatic rings. The highest BCUT2D eigenvalue weighted by atomic mass is 16.2. The van der Waals surface area contributed by atoms with Crippen LogP contribution in [-0.4, -0.2) is 29.8 Å². The second kappa shape index (κ2) is 10.7. The number of carbonyl (C=O) groups is 2. The lowest BCUT2D eigenvalue weighted by molar-refractivity contribution is -0.119. The topological polar surface area (TPSA) is 87.5 Å². The lowest BCUT2D eigenvalue weighted by atomic mass is 10.0. The average molecular weight is 435 g/mol. The summed E-state index contributed by atoms with van der Waals surface area (Å²) >= 11 is 0. The molecule has 1 aliphatic carbocycles. The van der Waals surface area contributed by atoms with E-state index in [4.69, 9.17) is 5.73 Å². The van der Waals surface area contributed by atoms with E-state index in [-0.39, 0.29) is 17.7 Å². The van der Waals surface area contributed by atoms with Crippen LogP contribution < -0.4 is 16.4 Å². The summed E-state index contributed by atoms with van der Waals surface area (Å²) in [5.41, 5.74) is 10.2. The average Bonchev–Trinajstić information content (AvgIpc) is 3.53. The van der Waals surface area contributed by atoms with Crippen LogP contribution in [0.5, 0.6) is 0 Å². The largest absolute Gasteiger partial charge is 0.348 e. The summed E-state index contributed by atoms with van der Waals surface area (Å²) in [4.78, 5) is 28.1. The van der Waals surface area contributed by atoms with Gasteiger partial charge in [-0.25, -0.2) is 0 Å². The van der Waals surface area contributed by atoms with Crippen LogP contribution in [0, 0.1) is 5.92 Å².